The predicted octanol–water partition coefficient (Wildman–Crippen LogP) is -1.30. The number of phenols is 1. The molecule has 1 aromatic rings. The summed E-state index contributed by atoms with van der Waals surface area (Å²) >= 11 is 0. The number of hydrogen-bond acceptors (Lipinski definition) is 1. The van der Waals surface area contributed by atoms with Crippen LogP contribution in [0.1, 0.15) is 5.56 Å². The van der Waals surface area contributed by atoms with E-state index in [9.17, 15) is 0 Å². The first-order chi connectivity index (χ1) is 3.80. The summed E-state index contributed by atoms with van der Waals surface area (Å²) < 4.78 is 0. The molecule has 1 rings (SSSR count). The molecule has 1 N–H and O–H groups in total. The molecule has 0 unspecified atom stereocenters. The molecule has 0 aliphatic carbocycles. The predicted molar refractivity (Wildman–Crippen MR) is 32.8 cm³/mol. The van der Waals surface area contributed by atoms with E-state index in [1.165, 1.54) is 0 Å². The number of para-hydroxylation sites is 1. The Kier molecular flexibility index (Phi) is 4.79. The molecule has 0 amide bonds. The Morgan fingerprint density at radius 1 is 1.22 bits per heavy atom. The van der Waals surface area contributed by atoms with Crippen LogP contribution in [0.2, 0.25) is 0 Å². The Balaban J connectivity index is 0.000000640. The molecular weight excluding hydrogens is 139 g/mol. The van der Waals surface area contributed by atoms with Crippen molar-refractivity contribution in [3.05, 3.63) is 29.8 Å². The maximum Gasteiger partial charge on any atom is 1.00 e. The third-order valence-electron chi connectivity index (χ3n) is 1.12. The van der Waals surface area contributed by atoms with Gasteiger partial charge in [0.2, 0.25) is 0 Å². The SMILES string of the molecule is Cc1ccccc1O.[K+]. The van der Waals surface area contributed by atoms with Gasteiger partial charge in [-0.2, -0.15) is 0 Å². The minimum absolute atomic E-state index is 0. The molecule has 0 spiro atoms. The van der Waals surface area contributed by atoms with E-state index in [0.717, 1.165) is 5.56 Å². The molecule has 2 heteroatoms. The van der Waals surface area contributed by atoms with Crippen LogP contribution in [0.4, 0.5) is 0 Å². The quantitative estimate of drug-likeness (QED) is 0.452. The van der Waals surface area contributed by atoms with E-state index < -0.39 is 0 Å². The molecule has 9 heavy (non-hydrogen) atoms. The minimum atomic E-state index is 0. The largest absolute Gasteiger partial charge is 1.00 e. The van der Waals surface area contributed by atoms with E-state index in [4.69, 9.17) is 5.11 Å². The Hall–Kier alpha value is 0.656. The van der Waals surface area contributed by atoms with Gasteiger partial charge in [-0.3, -0.25) is 0 Å². The first kappa shape index (κ1) is 9.66. The second-order valence-corrected chi connectivity index (χ2v) is 1.79. The summed E-state index contributed by atoms with van der Waals surface area (Å²) in [6, 6.07) is 7.25. The third kappa shape index (κ3) is 2.82. The van der Waals surface area contributed by atoms with Crippen molar-refractivity contribution in [1.82, 2.24) is 0 Å². The fourth-order valence-electron chi connectivity index (χ4n) is 0.563. The number of rotatable bonds is 0. The van der Waals surface area contributed by atoms with Crippen molar-refractivity contribution in [3.8, 4) is 5.75 Å². The summed E-state index contributed by atoms with van der Waals surface area (Å²) in [5, 5.41) is 8.92. The summed E-state index contributed by atoms with van der Waals surface area (Å²) in [6.45, 7) is 1.87. The van der Waals surface area contributed by atoms with Crippen LogP contribution in [0.15, 0.2) is 24.3 Å². The number of phenolic OH excluding ortho intramolecular Hbond substituents is 1. The van der Waals surface area contributed by atoms with Gasteiger partial charge in [0, 0.05) is 0 Å². The second kappa shape index (κ2) is 4.47. The van der Waals surface area contributed by atoms with Crippen molar-refractivity contribution in [2.75, 3.05) is 0 Å². The van der Waals surface area contributed by atoms with Gasteiger partial charge in [-0.15, -0.1) is 0 Å². The van der Waals surface area contributed by atoms with Gasteiger partial charge < -0.3 is 5.11 Å². The average Bonchev–Trinajstić information content (AvgIpc) is 1.77. The Morgan fingerprint density at radius 2 is 1.78 bits per heavy atom. The molecule has 0 aliphatic heterocycles. The van der Waals surface area contributed by atoms with Gasteiger partial charge in [0.15, 0.2) is 0 Å². The van der Waals surface area contributed by atoms with Crippen molar-refractivity contribution < 1.29 is 56.5 Å². The Bertz CT molecular complexity index is 165. The molecule has 0 atom stereocenters. The minimum Gasteiger partial charge on any atom is -0.508 e. The van der Waals surface area contributed by atoms with Crippen LogP contribution in [0, 0.1) is 6.92 Å². The van der Waals surface area contributed by atoms with Crippen molar-refractivity contribution >= 4 is 0 Å². The zero-order valence-corrected chi connectivity index (χ0v) is 8.88. The van der Waals surface area contributed by atoms with E-state index in [1.807, 2.05) is 25.1 Å². The molecule has 0 radical (unpaired) electrons. The molecule has 1 aromatic carbocycles. The summed E-state index contributed by atoms with van der Waals surface area (Å²) in [7, 11) is 0. The first-order valence-corrected chi connectivity index (χ1v) is 2.55. The van der Waals surface area contributed by atoms with Gasteiger partial charge in [-0.05, 0) is 18.6 Å². The van der Waals surface area contributed by atoms with E-state index >= 15 is 0 Å². The fourth-order valence-corrected chi connectivity index (χ4v) is 0.563. The number of aryl methyl sites for hydroxylation is 1. The van der Waals surface area contributed by atoms with Crippen LogP contribution in [-0.2, 0) is 0 Å². The van der Waals surface area contributed by atoms with Crippen LogP contribution in [0.3, 0.4) is 0 Å². The smallest absolute Gasteiger partial charge is 0.508 e. The second-order valence-electron chi connectivity index (χ2n) is 1.79. The molecule has 0 saturated heterocycles. The van der Waals surface area contributed by atoms with Gasteiger partial charge in [-0.1, -0.05) is 18.2 Å². The maximum atomic E-state index is 8.92. The average molecular weight is 147 g/mol. The molecule has 42 valence electrons. The van der Waals surface area contributed by atoms with Crippen LogP contribution >= 0.6 is 0 Å². The molecule has 1 nitrogen and oxygen atoms in total. The summed E-state index contributed by atoms with van der Waals surface area (Å²) in [5.41, 5.74) is 0.924. The topological polar surface area (TPSA) is 20.2 Å². The van der Waals surface area contributed by atoms with Crippen LogP contribution in [0.25, 0.3) is 0 Å². The van der Waals surface area contributed by atoms with Gasteiger partial charge >= 0.3 is 51.4 Å². The maximum absolute atomic E-state index is 8.92. The Morgan fingerprint density at radius 3 is 2.11 bits per heavy atom. The molecule has 0 aliphatic rings. The molecule has 0 aromatic heterocycles. The standard InChI is InChI=1S/C7H8O.K/c1-6-4-2-3-5-7(6)8;/h2-5,8H,1H3;/q;+1. The molecule has 0 bridgehead atoms. The molecule has 0 fully saturated rings. The van der Waals surface area contributed by atoms with E-state index in [2.05, 4.69) is 0 Å². The van der Waals surface area contributed by atoms with Crippen LogP contribution in [0.5, 0.6) is 5.75 Å². The monoisotopic (exact) mass is 147 g/mol. The van der Waals surface area contributed by atoms with Crippen LogP contribution < -0.4 is 51.4 Å². The fraction of sp³-hybridized carbons (Fsp3) is 0.143. The zero-order chi connectivity index (χ0) is 5.98. The van der Waals surface area contributed by atoms with Crippen molar-refractivity contribution in [2.45, 2.75) is 6.92 Å². The summed E-state index contributed by atoms with van der Waals surface area (Å²) in [6.07, 6.45) is 0. The zero-order valence-electron chi connectivity index (χ0n) is 5.76. The Labute approximate surface area is 97.5 Å². The van der Waals surface area contributed by atoms with Gasteiger partial charge in [-0.25, -0.2) is 0 Å². The first-order valence-electron chi connectivity index (χ1n) is 2.55. The van der Waals surface area contributed by atoms with Gasteiger partial charge in [0.1, 0.15) is 5.75 Å². The molecular formula is C7H8KO+. The normalized spacial score (nSPS) is 8.11. The van der Waals surface area contributed by atoms with Crippen molar-refractivity contribution in [1.29, 1.82) is 0 Å². The molecule has 0 saturated carbocycles. The van der Waals surface area contributed by atoms with E-state index in [1.54, 1.807) is 6.07 Å². The van der Waals surface area contributed by atoms with Crippen molar-refractivity contribution in [3.63, 3.8) is 0 Å². The van der Waals surface area contributed by atoms with E-state index in [0.29, 0.717) is 5.75 Å². The summed E-state index contributed by atoms with van der Waals surface area (Å²) in [5.74, 6) is 0.368. The number of aromatic hydroxyl groups is 1. The number of hydrogen-bond donors (Lipinski definition) is 1. The van der Waals surface area contributed by atoms with Crippen LogP contribution in [-0.4, -0.2) is 5.11 Å². The molecule has 0 heterocycles. The summed E-state index contributed by atoms with van der Waals surface area (Å²) in [4.78, 5) is 0. The van der Waals surface area contributed by atoms with Gasteiger partial charge in [0.25, 0.3) is 0 Å². The number of benzene rings is 1. The third-order valence-corrected chi connectivity index (χ3v) is 1.12. The van der Waals surface area contributed by atoms with Crippen molar-refractivity contribution in [2.24, 2.45) is 0 Å². The van der Waals surface area contributed by atoms with E-state index in [-0.39, 0.29) is 51.4 Å². The van der Waals surface area contributed by atoms with Gasteiger partial charge in [0.05, 0.1) is 0 Å².